The van der Waals surface area contributed by atoms with E-state index in [4.69, 9.17) is 0 Å². The molecule has 1 rings (SSSR count). The van der Waals surface area contributed by atoms with E-state index in [2.05, 4.69) is 11.6 Å². The van der Waals surface area contributed by atoms with Crippen molar-refractivity contribution in [3.63, 3.8) is 0 Å². The lowest BCUT2D eigenvalue weighted by Gasteiger charge is -2.13. The van der Waals surface area contributed by atoms with Crippen molar-refractivity contribution < 1.29 is 8.42 Å². The van der Waals surface area contributed by atoms with Crippen molar-refractivity contribution in [1.82, 2.24) is 4.31 Å². The van der Waals surface area contributed by atoms with Gasteiger partial charge in [-0.05, 0) is 43.0 Å². The molecular formula is C13H22N2O2S2. The van der Waals surface area contributed by atoms with Gasteiger partial charge in [0.15, 0.2) is 0 Å². The van der Waals surface area contributed by atoms with Crippen LogP contribution in [0.15, 0.2) is 29.2 Å². The van der Waals surface area contributed by atoms with Crippen LogP contribution in [0.4, 0.5) is 5.69 Å². The van der Waals surface area contributed by atoms with Crippen molar-refractivity contribution in [2.75, 3.05) is 38.0 Å². The third kappa shape index (κ3) is 5.04. The lowest BCUT2D eigenvalue weighted by atomic mass is 10.3. The summed E-state index contributed by atoms with van der Waals surface area (Å²) >= 11 is 1.84. The Hall–Kier alpha value is -0.720. The molecule has 1 N–H and O–H groups in total. The molecule has 0 aliphatic rings. The van der Waals surface area contributed by atoms with Gasteiger partial charge in [-0.15, -0.1) is 0 Å². The molecule has 0 aliphatic carbocycles. The molecule has 6 heteroatoms. The fourth-order valence-corrected chi connectivity index (χ4v) is 3.02. The zero-order valence-electron chi connectivity index (χ0n) is 11.7. The quantitative estimate of drug-likeness (QED) is 0.750. The molecule has 0 saturated heterocycles. The van der Waals surface area contributed by atoms with Gasteiger partial charge in [-0.25, -0.2) is 12.7 Å². The van der Waals surface area contributed by atoms with Crippen LogP contribution >= 0.6 is 11.8 Å². The van der Waals surface area contributed by atoms with Crippen LogP contribution in [-0.4, -0.2) is 45.4 Å². The molecular weight excluding hydrogens is 280 g/mol. The van der Waals surface area contributed by atoms with Crippen molar-refractivity contribution >= 4 is 27.5 Å². The monoisotopic (exact) mass is 302 g/mol. The van der Waals surface area contributed by atoms with Crippen LogP contribution in [-0.2, 0) is 10.0 Å². The molecule has 0 aromatic heterocycles. The molecule has 1 aromatic rings. The third-order valence-electron chi connectivity index (χ3n) is 2.72. The predicted octanol–water partition coefficient (Wildman–Crippen LogP) is 2.49. The summed E-state index contributed by atoms with van der Waals surface area (Å²) in [4.78, 5) is 0.326. The van der Waals surface area contributed by atoms with Crippen LogP contribution in [0.3, 0.4) is 0 Å². The Labute approximate surface area is 120 Å². The minimum absolute atomic E-state index is 0.326. The van der Waals surface area contributed by atoms with E-state index in [0.717, 1.165) is 24.4 Å². The maximum Gasteiger partial charge on any atom is 0.242 e. The molecule has 0 atom stereocenters. The summed E-state index contributed by atoms with van der Waals surface area (Å²) in [6, 6.07) is 6.96. The Morgan fingerprint density at radius 1 is 1.26 bits per heavy atom. The molecule has 19 heavy (non-hydrogen) atoms. The summed E-state index contributed by atoms with van der Waals surface area (Å²) < 4.78 is 25.2. The van der Waals surface area contributed by atoms with Crippen LogP contribution < -0.4 is 5.32 Å². The summed E-state index contributed by atoms with van der Waals surface area (Å²) in [6.45, 7) is 0.867. The van der Waals surface area contributed by atoms with Crippen molar-refractivity contribution in [2.45, 2.75) is 17.7 Å². The minimum Gasteiger partial charge on any atom is -0.385 e. The first-order chi connectivity index (χ1) is 8.98. The molecule has 0 saturated carbocycles. The molecule has 0 bridgehead atoms. The maximum atomic E-state index is 12.0. The Balaban J connectivity index is 2.63. The Kier molecular flexibility index (Phi) is 6.68. The number of unbranched alkanes of at least 4 members (excludes halogenated alkanes) is 1. The average molecular weight is 302 g/mol. The van der Waals surface area contributed by atoms with Gasteiger partial charge < -0.3 is 5.32 Å². The zero-order chi connectivity index (χ0) is 14.3. The first-order valence-corrected chi connectivity index (χ1v) is 9.07. The number of hydrogen-bond acceptors (Lipinski definition) is 4. The highest BCUT2D eigenvalue weighted by Crippen LogP contribution is 2.18. The van der Waals surface area contributed by atoms with Gasteiger partial charge in [-0.1, -0.05) is 6.07 Å². The highest BCUT2D eigenvalue weighted by atomic mass is 32.2. The topological polar surface area (TPSA) is 49.4 Å². The number of rotatable bonds is 8. The molecule has 0 radical (unpaired) electrons. The number of nitrogens with zero attached hydrogens (tertiary/aromatic N) is 1. The smallest absolute Gasteiger partial charge is 0.242 e. The lowest BCUT2D eigenvalue weighted by molar-refractivity contribution is 0.521. The number of benzene rings is 1. The van der Waals surface area contributed by atoms with E-state index in [0.29, 0.717) is 4.90 Å². The fraction of sp³-hybridized carbons (Fsp3) is 0.538. The number of anilines is 1. The standard InChI is InChI=1S/C13H22N2O2S2/c1-15(2)19(16,17)13-8-6-7-12(11-13)14-9-4-5-10-18-3/h6-8,11,14H,4-5,9-10H2,1-3H3. The summed E-state index contributed by atoms with van der Waals surface area (Å²) in [5.74, 6) is 1.16. The third-order valence-corrected chi connectivity index (χ3v) is 5.22. The number of nitrogens with one attached hydrogen (secondary N) is 1. The largest absolute Gasteiger partial charge is 0.385 e. The fourth-order valence-electron chi connectivity index (χ4n) is 1.58. The first kappa shape index (κ1) is 16.3. The molecule has 1 aromatic carbocycles. The molecule has 108 valence electrons. The lowest BCUT2D eigenvalue weighted by Crippen LogP contribution is -2.22. The summed E-state index contributed by atoms with van der Waals surface area (Å²) in [5.41, 5.74) is 0.854. The normalized spacial score (nSPS) is 11.8. The second kappa shape index (κ2) is 7.77. The number of sulfonamides is 1. The van der Waals surface area contributed by atoms with Gasteiger partial charge in [0.1, 0.15) is 0 Å². The van der Waals surface area contributed by atoms with Gasteiger partial charge in [0.05, 0.1) is 4.90 Å². The Morgan fingerprint density at radius 2 is 2.00 bits per heavy atom. The SMILES string of the molecule is CSCCCCNc1cccc(S(=O)(=O)N(C)C)c1. The Morgan fingerprint density at radius 3 is 2.63 bits per heavy atom. The molecule has 0 unspecified atom stereocenters. The second-order valence-electron chi connectivity index (χ2n) is 4.44. The minimum atomic E-state index is -3.35. The zero-order valence-corrected chi connectivity index (χ0v) is 13.4. The van der Waals surface area contributed by atoms with Gasteiger partial charge >= 0.3 is 0 Å². The molecule has 0 amide bonds. The summed E-state index contributed by atoms with van der Waals surface area (Å²) in [5, 5.41) is 3.26. The van der Waals surface area contributed by atoms with E-state index >= 15 is 0 Å². The summed E-state index contributed by atoms with van der Waals surface area (Å²) in [7, 11) is -0.270. The van der Waals surface area contributed by atoms with Crippen molar-refractivity contribution in [1.29, 1.82) is 0 Å². The van der Waals surface area contributed by atoms with Gasteiger partial charge in [0.2, 0.25) is 10.0 Å². The summed E-state index contributed by atoms with van der Waals surface area (Å²) in [6.07, 6.45) is 4.36. The number of hydrogen-bond donors (Lipinski definition) is 1. The van der Waals surface area contributed by atoms with Crippen LogP contribution in [0.1, 0.15) is 12.8 Å². The predicted molar refractivity (Wildman–Crippen MR) is 83.4 cm³/mol. The molecule has 0 fully saturated rings. The van der Waals surface area contributed by atoms with Crippen molar-refractivity contribution in [3.8, 4) is 0 Å². The van der Waals surface area contributed by atoms with E-state index in [1.807, 2.05) is 17.8 Å². The van der Waals surface area contributed by atoms with Crippen molar-refractivity contribution in [2.24, 2.45) is 0 Å². The maximum absolute atomic E-state index is 12.0. The first-order valence-electron chi connectivity index (χ1n) is 6.24. The van der Waals surface area contributed by atoms with Crippen LogP contribution in [0, 0.1) is 0 Å². The van der Waals surface area contributed by atoms with Crippen LogP contribution in [0.2, 0.25) is 0 Å². The van der Waals surface area contributed by atoms with Gasteiger partial charge in [0.25, 0.3) is 0 Å². The van der Waals surface area contributed by atoms with E-state index in [9.17, 15) is 8.42 Å². The van der Waals surface area contributed by atoms with Crippen molar-refractivity contribution in [3.05, 3.63) is 24.3 Å². The highest BCUT2D eigenvalue weighted by Gasteiger charge is 2.16. The van der Waals surface area contributed by atoms with Gasteiger partial charge in [-0.2, -0.15) is 11.8 Å². The average Bonchev–Trinajstić information content (AvgIpc) is 2.38. The van der Waals surface area contributed by atoms with E-state index in [1.165, 1.54) is 24.8 Å². The molecule has 0 aliphatic heterocycles. The van der Waals surface area contributed by atoms with E-state index < -0.39 is 10.0 Å². The molecule has 0 heterocycles. The second-order valence-corrected chi connectivity index (χ2v) is 7.58. The van der Waals surface area contributed by atoms with Gasteiger partial charge in [0, 0.05) is 26.3 Å². The van der Waals surface area contributed by atoms with Crippen LogP contribution in [0.25, 0.3) is 0 Å². The van der Waals surface area contributed by atoms with Crippen LogP contribution in [0.5, 0.6) is 0 Å². The highest BCUT2D eigenvalue weighted by molar-refractivity contribution is 7.98. The number of thioether (sulfide) groups is 1. The molecule has 0 spiro atoms. The Bertz CT molecular complexity index is 487. The van der Waals surface area contributed by atoms with E-state index in [1.54, 1.807) is 18.2 Å². The van der Waals surface area contributed by atoms with Gasteiger partial charge in [-0.3, -0.25) is 0 Å². The van der Waals surface area contributed by atoms with E-state index in [-0.39, 0.29) is 0 Å². The molecule has 4 nitrogen and oxygen atoms in total.